The molecule has 1 aromatic rings. The Balaban J connectivity index is 1.84. The highest BCUT2D eigenvalue weighted by atomic mass is 19.4. The maximum Gasteiger partial charge on any atom is 0.411 e. The predicted octanol–water partition coefficient (Wildman–Crippen LogP) is 3.04. The van der Waals surface area contributed by atoms with Crippen LogP contribution in [-0.2, 0) is 22.5 Å². The molecule has 7 heteroatoms. The number of benzene rings is 1. The van der Waals surface area contributed by atoms with E-state index in [0.29, 0.717) is 11.3 Å². The number of alkyl halides is 3. The molecule has 0 aromatic heterocycles. The Hall–Kier alpha value is -1.31. The molecule has 1 saturated heterocycles. The van der Waals surface area contributed by atoms with Gasteiger partial charge in [0.1, 0.15) is 12.4 Å². The summed E-state index contributed by atoms with van der Waals surface area (Å²) in [5.74, 6) is 0.550. The molecule has 1 aromatic carbocycles. The van der Waals surface area contributed by atoms with Crippen molar-refractivity contribution in [1.29, 1.82) is 0 Å². The second kappa shape index (κ2) is 9.25. The van der Waals surface area contributed by atoms with Crippen LogP contribution in [0.5, 0.6) is 5.75 Å². The Morgan fingerprint density at radius 2 is 1.96 bits per heavy atom. The Labute approximate surface area is 140 Å². The Kier molecular flexibility index (Phi) is 7.33. The van der Waals surface area contributed by atoms with Gasteiger partial charge in [0.05, 0.1) is 26.9 Å². The highest BCUT2D eigenvalue weighted by molar-refractivity contribution is 5.37. The van der Waals surface area contributed by atoms with Gasteiger partial charge in [0.25, 0.3) is 0 Å². The van der Waals surface area contributed by atoms with E-state index in [4.69, 9.17) is 14.2 Å². The molecule has 0 spiro atoms. The van der Waals surface area contributed by atoms with Gasteiger partial charge in [0.2, 0.25) is 0 Å². The second-order valence-electron chi connectivity index (χ2n) is 5.81. The monoisotopic (exact) mass is 347 g/mol. The average molecular weight is 347 g/mol. The van der Waals surface area contributed by atoms with Crippen molar-refractivity contribution in [1.82, 2.24) is 4.90 Å². The molecule has 2 rings (SSSR count). The van der Waals surface area contributed by atoms with Gasteiger partial charge in [-0.1, -0.05) is 6.07 Å². The first-order valence-corrected chi connectivity index (χ1v) is 8.08. The summed E-state index contributed by atoms with van der Waals surface area (Å²) in [6, 6.07) is 5.61. The van der Waals surface area contributed by atoms with E-state index in [0.717, 1.165) is 51.3 Å². The normalized spacial score (nSPS) is 16.3. The summed E-state index contributed by atoms with van der Waals surface area (Å²) in [6.07, 6.45) is -2.45. The van der Waals surface area contributed by atoms with Crippen LogP contribution in [0.25, 0.3) is 0 Å². The first kappa shape index (κ1) is 19.0. The number of hydrogen-bond donors (Lipinski definition) is 0. The fourth-order valence-electron chi connectivity index (χ4n) is 2.71. The summed E-state index contributed by atoms with van der Waals surface area (Å²) < 4.78 is 51.9. The summed E-state index contributed by atoms with van der Waals surface area (Å²) in [5, 5.41) is 0. The highest BCUT2D eigenvalue weighted by Crippen LogP contribution is 2.23. The van der Waals surface area contributed by atoms with Crippen LogP contribution in [0, 0.1) is 0 Å². The zero-order valence-electron chi connectivity index (χ0n) is 13.9. The van der Waals surface area contributed by atoms with Crippen LogP contribution in [-0.4, -0.2) is 57.6 Å². The Morgan fingerprint density at radius 1 is 1.21 bits per heavy atom. The van der Waals surface area contributed by atoms with Gasteiger partial charge in [-0.15, -0.1) is 0 Å². The molecule has 0 aliphatic carbocycles. The predicted molar refractivity (Wildman–Crippen MR) is 84.3 cm³/mol. The minimum Gasteiger partial charge on any atom is -0.496 e. The van der Waals surface area contributed by atoms with Crippen LogP contribution >= 0.6 is 0 Å². The molecule has 1 aliphatic heterocycles. The third-order valence-electron chi connectivity index (χ3n) is 3.91. The smallest absolute Gasteiger partial charge is 0.411 e. The van der Waals surface area contributed by atoms with Crippen molar-refractivity contribution in [3.8, 4) is 5.75 Å². The summed E-state index contributed by atoms with van der Waals surface area (Å²) in [5.41, 5.74) is 1.72. The molecule has 0 unspecified atom stereocenters. The second-order valence-corrected chi connectivity index (χ2v) is 5.81. The molecule has 0 amide bonds. The minimum atomic E-state index is -4.32. The molecule has 24 heavy (non-hydrogen) atoms. The lowest BCUT2D eigenvalue weighted by atomic mass is 10.1. The lowest BCUT2D eigenvalue weighted by molar-refractivity contribution is -0.176. The Bertz CT molecular complexity index is 502. The van der Waals surface area contributed by atoms with Crippen molar-refractivity contribution in [2.45, 2.75) is 25.6 Å². The van der Waals surface area contributed by atoms with Gasteiger partial charge in [-0.3, -0.25) is 4.90 Å². The number of morpholine rings is 1. The van der Waals surface area contributed by atoms with Crippen molar-refractivity contribution < 1.29 is 27.4 Å². The summed E-state index contributed by atoms with van der Waals surface area (Å²) >= 11 is 0. The van der Waals surface area contributed by atoms with Crippen LogP contribution in [0.2, 0.25) is 0 Å². The molecule has 0 radical (unpaired) electrons. The van der Waals surface area contributed by atoms with Crippen molar-refractivity contribution in [2.24, 2.45) is 0 Å². The Morgan fingerprint density at radius 3 is 2.62 bits per heavy atom. The van der Waals surface area contributed by atoms with Gasteiger partial charge in [0, 0.05) is 18.7 Å². The fourth-order valence-corrected chi connectivity index (χ4v) is 2.71. The molecule has 136 valence electrons. The van der Waals surface area contributed by atoms with E-state index in [-0.39, 0.29) is 6.61 Å². The largest absolute Gasteiger partial charge is 0.496 e. The average Bonchev–Trinajstić information content (AvgIpc) is 2.55. The first-order valence-electron chi connectivity index (χ1n) is 8.08. The third-order valence-corrected chi connectivity index (χ3v) is 3.91. The number of ether oxygens (including phenoxy) is 3. The molecule has 0 N–H and O–H groups in total. The van der Waals surface area contributed by atoms with Gasteiger partial charge in [0.15, 0.2) is 0 Å². The number of hydrogen-bond acceptors (Lipinski definition) is 4. The number of methoxy groups -OCH3 is 1. The number of nitrogens with zero attached hydrogens (tertiary/aromatic N) is 1. The van der Waals surface area contributed by atoms with Gasteiger partial charge >= 0.3 is 6.18 Å². The fraction of sp³-hybridized carbons (Fsp3) is 0.647. The molecular formula is C17H24F3NO3. The van der Waals surface area contributed by atoms with Crippen LogP contribution in [0.1, 0.15) is 17.5 Å². The van der Waals surface area contributed by atoms with E-state index >= 15 is 0 Å². The molecule has 1 aliphatic rings. The highest BCUT2D eigenvalue weighted by Gasteiger charge is 2.27. The zero-order valence-corrected chi connectivity index (χ0v) is 13.9. The number of halogens is 3. The maximum absolute atomic E-state index is 12.2. The van der Waals surface area contributed by atoms with Gasteiger partial charge in [-0.05, 0) is 37.1 Å². The van der Waals surface area contributed by atoms with Crippen molar-refractivity contribution in [3.63, 3.8) is 0 Å². The summed E-state index contributed by atoms with van der Waals surface area (Å²) in [4.78, 5) is 2.36. The topological polar surface area (TPSA) is 30.9 Å². The maximum atomic E-state index is 12.2. The van der Waals surface area contributed by atoms with Crippen molar-refractivity contribution >= 4 is 0 Å². The summed E-state index contributed by atoms with van der Waals surface area (Å²) in [6.45, 7) is 3.11. The molecule has 0 bridgehead atoms. The zero-order chi connectivity index (χ0) is 17.4. The van der Waals surface area contributed by atoms with Gasteiger partial charge < -0.3 is 14.2 Å². The molecule has 0 atom stereocenters. The molecular weight excluding hydrogens is 323 g/mol. The lowest BCUT2D eigenvalue weighted by Crippen LogP contribution is -2.36. The van der Waals surface area contributed by atoms with Crippen LogP contribution in [0.3, 0.4) is 0 Å². The van der Waals surface area contributed by atoms with Gasteiger partial charge in [-0.2, -0.15) is 13.2 Å². The van der Waals surface area contributed by atoms with Crippen LogP contribution < -0.4 is 4.74 Å². The van der Waals surface area contributed by atoms with Crippen LogP contribution in [0.15, 0.2) is 18.2 Å². The minimum absolute atomic E-state index is 0.111. The third kappa shape index (κ3) is 6.67. The molecule has 1 fully saturated rings. The van der Waals surface area contributed by atoms with Gasteiger partial charge in [-0.25, -0.2) is 0 Å². The van der Waals surface area contributed by atoms with E-state index in [1.165, 1.54) is 7.11 Å². The molecule has 0 saturated carbocycles. The van der Waals surface area contributed by atoms with Crippen molar-refractivity contribution in [2.75, 3.05) is 46.6 Å². The number of aryl methyl sites for hydroxylation is 1. The SMILES string of the molecule is COc1ccc(CCCN2CCOCC2)cc1COCC(F)(F)F. The first-order chi connectivity index (χ1) is 11.5. The van der Waals surface area contributed by atoms with E-state index in [2.05, 4.69) is 4.90 Å². The van der Waals surface area contributed by atoms with Crippen LogP contribution in [0.4, 0.5) is 13.2 Å². The van der Waals surface area contributed by atoms with Crippen molar-refractivity contribution in [3.05, 3.63) is 29.3 Å². The summed E-state index contributed by atoms with van der Waals surface area (Å²) in [7, 11) is 1.50. The lowest BCUT2D eigenvalue weighted by Gasteiger charge is -2.26. The van der Waals surface area contributed by atoms with E-state index < -0.39 is 12.8 Å². The standard InChI is InChI=1S/C17H24F3NO3/c1-22-16-5-4-14(3-2-6-21-7-9-23-10-8-21)11-15(16)12-24-13-17(18,19)20/h4-5,11H,2-3,6-10,12-13H2,1H3. The van der Waals surface area contributed by atoms with E-state index in [9.17, 15) is 13.2 Å². The van der Waals surface area contributed by atoms with E-state index in [1.54, 1.807) is 6.07 Å². The molecule has 1 heterocycles. The quantitative estimate of drug-likeness (QED) is 0.723. The van der Waals surface area contributed by atoms with E-state index in [1.807, 2.05) is 12.1 Å². The number of rotatable bonds is 8. The molecule has 4 nitrogen and oxygen atoms in total.